The van der Waals surface area contributed by atoms with Crippen LogP contribution < -0.4 is 17.1 Å². The fourth-order valence-corrected chi connectivity index (χ4v) is 3.21. The summed E-state index contributed by atoms with van der Waals surface area (Å²) < 4.78 is 30.8. The molecule has 0 aliphatic rings. The number of aryl methyl sites for hydroxylation is 1. The third-order valence-corrected chi connectivity index (χ3v) is 5.07. The average Bonchev–Trinajstić information content (AvgIpc) is 2.95. The van der Waals surface area contributed by atoms with Crippen molar-refractivity contribution >= 4 is 39.9 Å². The Bertz CT molecular complexity index is 1030. The topological polar surface area (TPSA) is 94.2 Å². The molecule has 0 unspecified atom stereocenters. The van der Waals surface area contributed by atoms with Crippen LogP contribution in [0.1, 0.15) is 16.8 Å². The third-order valence-electron chi connectivity index (χ3n) is 4.21. The maximum atomic E-state index is 14.6. The van der Waals surface area contributed by atoms with Crippen molar-refractivity contribution in [3.05, 3.63) is 63.3 Å². The summed E-state index contributed by atoms with van der Waals surface area (Å²) in [6, 6.07) is 9.42. The number of hydrazine groups is 1. The maximum Gasteiger partial charge on any atom is 0.332 e. The fraction of sp³-hybridized carbons (Fsp3) is 0.176. The van der Waals surface area contributed by atoms with Crippen LogP contribution >= 0.6 is 23.2 Å². The summed E-state index contributed by atoms with van der Waals surface area (Å²) in [7, 11) is 0. The van der Waals surface area contributed by atoms with Crippen LogP contribution in [0.25, 0.3) is 10.9 Å². The summed E-state index contributed by atoms with van der Waals surface area (Å²) in [6.07, 6.45) is 0. The van der Waals surface area contributed by atoms with Gasteiger partial charge in [-0.3, -0.25) is 4.68 Å². The summed E-state index contributed by atoms with van der Waals surface area (Å²) in [5.74, 6) is 5.77. The highest BCUT2D eigenvalue weighted by molar-refractivity contribution is 6.42. The van der Waals surface area contributed by atoms with E-state index in [1.165, 1.54) is 12.1 Å². The van der Waals surface area contributed by atoms with E-state index in [-0.39, 0.29) is 12.1 Å². The Hall–Kier alpha value is -2.42. The molecular formula is C17H16Cl2F2N6. The van der Waals surface area contributed by atoms with Gasteiger partial charge < -0.3 is 11.3 Å². The lowest BCUT2D eigenvalue weighted by molar-refractivity contribution is 0.0714. The first-order valence-corrected chi connectivity index (χ1v) is 8.58. The molecule has 6 nitrogen and oxygen atoms in total. The molecule has 3 rings (SSSR count). The Morgan fingerprint density at radius 3 is 2.70 bits per heavy atom. The van der Waals surface area contributed by atoms with Crippen molar-refractivity contribution in [3.8, 4) is 0 Å². The van der Waals surface area contributed by atoms with Gasteiger partial charge in [-0.2, -0.15) is 19.0 Å². The van der Waals surface area contributed by atoms with E-state index in [0.717, 1.165) is 10.9 Å². The van der Waals surface area contributed by atoms with Gasteiger partial charge >= 0.3 is 5.92 Å². The smallest absolute Gasteiger partial charge is 0.321 e. The van der Waals surface area contributed by atoms with Gasteiger partial charge in [-0.05, 0) is 24.6 Å². The third kappa shape index (κ3) is 3.43. The lowest BCUT2D eigenvalue weighted by Crippen LogP contribution is -2.43. The van der Waals surface area contributed by atoms with Crippen LogP contribution in [0, 0.1) is 6.92 Å². The number of benzene rings is 2. The van der Waals surface area contributed by atoms with Gasteiger partial charge in [0.2, 0.25) is 5.84 Å². The van der Waals surface area contributed by atoms with Gasteiger partial charge in [0.15, 0.2) is 0 Å². The molecule has 3 aromatic rings. The highest BCUT2D eigenvalue weighted by Gasteiger charge is 2.39. The molecule has 142 valence electrons. The van der Waals surface area contributed by atoms with Crippen molar-refractivity contribution in [1.82, 2.24) is 15.2 Å². The Labute approximate surface area is 163 Å². The standard InChI is InChI=1S/C17H16Cl2F2N6/c1-9-12-6-5-11(17(20,21)16(24-22)25-23)7-14(12)27(26-9)8-10-3-2-4-13(18)15(10)19/h2-7H,8,22-23H2,1H3,(H,24,25). The Morgan fingerprint density at radius 2 is 2.04 bits per heavy atom. The second-order valence-electron chi connectivity index (χ2n) is 5.88. The number of hydrogen-bond donors (Lipinski definition) is 3. The van der Waals surface area contributed by atoms with E-state index in [4.69, 9.17) is 34.9 Å². The van der Waals surface area contributed by atoms with Gasteiger partial charge in [0.1, 0.15) is 0 Å². The summed E-state index contributed by atoms with van der Waals surface area (Å²) in [5.41, 5.74) is 3.44. The van der Waals surface area contributed by atoms with Gasteiger partial charge in [0.05, 0.1) is 27.8 Å². The second kappa shape index (κ2) is 7.30. The number of fused-ring (bicyclic) bond motifs is 1. The predicted molar refractivity (Wildman–Crippen MR) is 103 cm³/mol. The van der Waals surface area contributed by atoms with Gasteiger partial charge in [-0.25, -0.2) is 5.84 Å². The monoisotopic (exact) mass is 412 g/mol. The Kier molecular flexibility index (Phi) is 5.23. The number of amidine groups is 1. The molecule has 1 aromatic heterocycles. The largest absolute Gasteiger partial charge is 0.332 e. The number of hydrazone groups is 1. The minimum Gasteiger partial charge on any atom is -0.321 e. The zero-order valence-electron chi connectivity index (χ0n) is 14.2. The van der Waals surface area contributed by atoms with E-state index in [1.807, 2.05) is 5.43 Å². The first-order chi connectivity index (χ1) is 12.8. The van der Waals surface area contributed by atoms with E-state index in [2.05, 4.69) is 10.2 Å². The molecule has 0 aliphatic carbocycles. The molecule has 0 atom stereocenters. The number of aromatic nitrogens is 2. The highest BCUT2D eigenvalue weighted by atomic mass is 35.5. The summed E-state index contributed by atoms with van der Waals surface area (Å²) in [5, 5.41) is 9.01. The Morgan fingerprint density at radius 1 is 1.30 bits per heavy atom. The molecule has 27 heavy (non-hydrogen) atoms. The van der Waals surface area contributed by atoms with Crippen LogP contribution in [0.2, 0.25) is 10.0 Å². The van der Waals surface area contributed by atoms with Crippen molar-refractivity contribution in [2.24, 2.45) is 16.8 Å². The minimum absolute atomic E-state index is 0.270. The van der Waals surface area contributed by atoms with Crippen LogP contribution in [0.5, 0.6) is 0 Å². The predicted octanol–water partition coefficient (Wildman–Crippen LogP) is 3.53. The number of nitrogens with two attached hydrogens (primary N) is 2. The fourth-order valence-electron chi connectivity index (χ4n) is 2.83. The number of rotatable bonds is 4. The molecule has 0 aliphatic heterocycles. The zero-order valence-corrected chi connectivity index (χ0v) is 15.7. The lowest BCUT2D eigenvalue weighted by atomic mass is 10.0. The minimum atomic E-state index is -3.49. The Balaban J connectivity index is 2.11. The van der Waals surface area contributed by atoms with E-state index in [1.54, 1.807) is 35.9 Å². The quantitative estimate of drug-likeness (QED) is 0.264. The molecule has 10 heteroatoms. The van der Waals surface area contributed by atoms with Crippen molar-refractivity contribution in [3.63, 3.8) is 0 Å². The first-order valence-electron chi connectivity index (χ1n) is 7.83. The number of halogens is 4. The molecule has 0 spiro atoms. The van der Waals surface area contributed by atoms with Gasteiger partial charge in [-0.1, -0.05) is 47.5 Å². The van der Waals surface area contributed by atoms with E-state index in [0.29, 0.717) is 21.3 Å². The van der Waals surface area contributed by atoms with E-state index < -0.39 is 11.8 Å². The maximum absolute atomic E-state index is 14.6. The van der Waals surface area contributed by atoms with Crippen LogP contribution in [0.15, 0.2) is 41.5 Å². The number of nitrogens with one attached hydrogen (secondary N) is 1. The lowest BCUT2D eigenvalue weighted by Gasteiger charge is -2.18. The molecule has 0 radical (unpaired) electrons. The molecule has 0 bridgehead atoms. The number of nitrogens with zero attached hydrogens (tertiary/aromatic N) is 3. The molecule has 0 fully saturated rings. The SMILES string of the molecule is Cc1nn(Cc2cccc(Cl)c2Cl)c2cc(C(F)(F)/C(=N/N)NN)ccc12. The average molecular weight is 413 g/mol. The van der Waals surface area contributed by atoms with E-state index >= 15 is 0 Å². The van der Waals surface area contributed by atoms with Crippen molar-refractivity contribution < 1.29 is 8.78 Å². The van der Waals surface area contributed by atoms with Crippen LogP contribution in [-0.4, -0.2) is 15.6 Å². The molecular weight excluding hydrogens is 397 g/mol. The van der Waals surface area contributed by atoms with Crippen LogP contribution in [0.3, 0.4) is 0 Å². The van der Waals surface area contributed by atoms with Gasteiger partial charge in [0, 0.05) is 10.9 Å². The first kappa shape index (κ1) is 19.3. The van der Waals surface area contributed by atoms with Gasteiger partial charge in [-0.15, -0.1) is 0 Å². The van der Waals surface area contributed by atoms with Gasteiger partial charge in [0.25, 0.3) is 0 Å². The molecule has 0 saturated heterocycles. The van der Waals surface area contributed by atoms with Crippen molar-refractivity contribution in [2.75, 3.05) is 0 Å². The second-order valence-corrected chi connectivity index (χ2v) is 6.67. The number of hydrogen-bond acceptors (Lipinski definition) is 4. The summed E-state index contributed by atoms with van der Waals surface area (Å²) in [4.78, 5) is 0. The van der Waals surface area contributed by atoms with Crippen molar-refractivity contribution in [1.29, 1.82) is 0 Å². The summed E-state index contributed by atoms with van der Waals surface area (Å²) >= 11 is 12.3. The molecule has 1 heterocycles. The van der Waals surface area contributed by atoms with Crippen LogP contribution in [0.4, 0.5) is 8.78 Å². The van der Waals surface area contributed by atoms with E-state index in [9.17, 15) is 8.78 Å². The summed E-state index contributed by atoms with van der Waals surface area (Å²) in [6.45, 7) is 2.07. The zero-order chi connectivity index (χ0) is 19.8. The molecule has 2 aromatic carbocycles. The highest BCUT2D eigenvalue weighted by Crippen LogP contribution is 2.33. The normalized spacial score (nSPS) is 12.6. The van der Waals surface area contributed by atoms with Crippen LogP contribution in [-0.2, 0) is 12.5 Å². The van der Waals surface area contributed by atoms with Crippen molar-refractivity contribution in [2.45, 2.75) is 19.4 Å². The number of alkyl halides is 2. The molecule has 0 saturated carbocycles. The molecule has 5 N–H and O–H groups in total. The molecule has 0 amide bonds.